The molecule has 0 aromatic rings. The van der Waals surface area contributed by atoms with Crippen LogP contribution < -0.4 is 5.32 Å². The number of amides is 1. The predicted octanol–water partition coefficient (Wildman–Crippen LogP) is 3.65. The number of alkyl halides is 1. The van der Waals surface area contributed by atoms with Gasteiger partial charge < -0.3 is 19.7 Å². The molecule has 0 rings (SSSR count). The lowest BCUT2D eigenvalue weighted by Crippen LogP contribution is -2.36. The number of carbonyl (C=O) groups is 2. The van der Waals surface area contributed by atoms with Crippen molar-refractivity contribution in [3.63, 3.8) is 0 Å². The third kappa shape index (κ3) is 9.80. The van der Waals surface area contributed by atoms with Gasteiger partial charge in [0.1, 0.15) is 0 Å². The molecule has 0 heterocycles. The first-order valence-electron chi connectivity index (χ1n) is 8.61. The van der Waals surface area contributed by atoms with E-state index < -0.39 is 31.6 Å². The number of unbranched alkanes of at least 4 members (excludes halogenated alkanes) is 1. The molecule has 1 amide bonds. The topological polar surface area (TPSA) is 102 Å². The number of rotatable bonds is 11. The minimum absolute atomic E-state index is 0.0737. The molecule has 0 spiro atoms. The Morgan fingerprint density at radius 2 is 1.80 bits per heavy atom. The number of ether oxygens (including phenoxy) is 2. The second kappa shape index (κ2) is 11.5. The van der Waals surface area contributed by atoms with Gasteiger partial charge in [0.05, 0.1) is 5.92 Å². The number of halogens is 1. The smallest absolute Gasteiger partial charge is 0.410 e. The van der Waals surface area contributed by atoms with Crippen molar-refractivity contribution in [2.75, 3.05) is 12.7 Å². The van der Waals surface area contributed by atoms with Gasteiger partial charge >= 0.3 is 12.1 Å². The van der Waals surface area contributed by atoms with Crippen LogP contribution in [0.4, 0.5) is 9.18 Å². The lowest BCUT2D eigenvalue weighted by Gasteiger charge is -2.22. The van der Waals surface area contributed by atoms with E-state index in [-0.39, 0.29) is 31.0 Å². The summed E-state index contributed by atoms with van der Waals surface area (Å²) in [5.41, 5.74) is 0. The van der Waals surface area contributed by atoms with Crippen molar-refractivity contribution < 1.29 is 32.9 Å². The Kier molecular flexibility index (Phi) is 10.9. The number of alkyl carbamates (subject to hydrolysis) is 1. The standard InChI is InChI=1S/C16H31FNO6P/c1-6-7-10-25(21,22)13(17)8-9-18-16(20)24-15(12(4)5)23-14(19)11(2)3/h11-13,15H,6-10H2,1-5H3,(H,18,20)(H,21,22)/t13-,15+/m0/s1. The van der Waals surface area contributed by atoms with E-state index in [1.165, 1.54) is 0 Å². The minimum Gasteiger partial charge on any atom is -0.425 e. The Morgan fingerprint density at radius 3 is 2.28 bits per heavy atom. The summed E-state index contributed by atoms with van der Waals surface area (Å²) < 4.78 is 35.7. The van der Waals surface area contributed by atoms with Crippen LogP contribution in [0, 0.1) is 11.8 Å². The van der Waals surface area contributed by atoms with Crippen molar-refractivity contribution in [3.05, 3.63) is 0 Å². The van der Waals surface area contributed by atoms with Gasteiger partial charge in [0.25, 0.3) is 6.29 Å². The van der Waals surface area contributed by atoms with Gasteiger partial charge in [0.2, 0.25) is 7.37 Å². The highest BCUT2D eigenvalue weighted by molar-refractivity contribution is 7.58. The molecule has 7 nitrogen and oxygen atoms in total. The Bertz CT molecular complexity index is 472. The monoisotopic (exact) mass is 383 g/mol. The molecular formula is C16H31FNO6P. The van der Waals surface area contributed by atoms with Gasteiger partial charge in [-0.15, -0.1) is 0 Å². The first-order chi connectivity index (χ1) is 11.5. The number of hydrogen-bond donors (Lipinski definition) is 2. The summed E-state index contributed by atoms with van der Waals surface area (Å²) in [5.74, 6) is -3.00. The molecular weight excluding hydrogens is 352 g/mol. The van der Waals surface area contributed by atoms with E-state index in [4.69, 9.17) is 9.47 Å². The molecule has 0 aliphatic rings. The molecule has 0 saturated carbocycles. The highest BCUT2D eigenvalue weighted by atomic mass is 31.2. The van der Waals surface area contributed by atoms with Crippen molar-refractivity contribution in [1.29, 1.82) is 0 Å². The number of esters is 1. The van der Waals surface area contributed by atoms with Crippen molar-refractivity contribution >= 4 is 19.4 Å². The number of hydrogen-bond acceptors (Lipinski definition) is 5. The molecule has 1 unspecified atom stereocenters. The molecule has 0 bridgehead atoms. The van der Waals surface area contributed by atoms with E-state index in [0.29, 0.717) is 12.8 Å². The molecule has 2 N–H and O–H groups in total. The van der Waals surface area contributed by atoms with E-state index in [9.17, 15) is 23.4 Å². The summed E-state index contributed by atoms with van der Waals surface area (Å²) in [6.45, 7) is 8.46. The molecule has 0 aliphatic heterocycles. The van der Waals surface area contributed by atoms with Gasteiger partial charge in [0.15, 0.2) is 5.91 Å². The van der Waals surface area contributed by atoms with Gasteiger partial charge in [0, 0.05) is 25.0 Å². The van der Waals surface area contributed by atoms with E-state index in [1.54, 1.807) is 27.7 Å². The molecule has 0 aromatic carbocycles. The van der Waals surface area contributed by atoms with Gasteiger partial charge in [-0.05, 0) is 6.42 Å². The van der Waals surface area contributed by atoms with Crippen LogP contribution in [0.25, 0.3) is 0 Å². The van der Waals surface area contributed by atoms with Crippen LogP contribution >= 0.6 is 7.37 Å². The van der Waals surface area contributed by atoms with Crippen LogP contribution in [0.1, 0.15) is 53.9 Å². The van der Waals surface area contributed by atoms with Gasteiger partial charge in [-0.3, -0.25) is 9.36 Å². The third-order valence-corrected chi connectivity index (χ3v) is 5.48. The molecule has 9 heteroatoms. The van der Waals surface area contributed by atoms with Crippen molar-refractivity contribution in [1.82, 2.24) is 5.32 Å². The maximum atomic E-state index is 13.8. The zero-order valence-electron chi connectivity index (χ0n) is 15.7. The van der Waals surface area contributed by atoms with Crippen LogP contribution in [-0.4, -0.2) is 41.9 Å². The molecule has 148 valence electrons. The van der Waals surface area contributed by atoms with Crippen LogP contribution in [0.2, 0.25) is 0 Å². The van der Waals surface area contributed by atoms with E-state index in [1.807, 2.05) is 6.92 Å². The van der Waals surface area contributed by atoms with E-state index in [0.717, 1.165) is 0 Å². The fourth-order valence-corrected chi connectivity index (χ4v) is 3.30. The van der Waals surface area contributed by atoms with Gasteiger partial charge in [-0.1, -0.05) is 41.0 Å². The summed E-state index contributed by atoms with van der Waals surface area (Å²) in [5, 5.41) is 2.30. The Morgan fingerprint density at radius 1 is 1.20 bits per heavy atom. The Hall–Kier alpha value is -1.14. The normalized spacial score (nSPS) is 16.2. The van der Waals surface area contributed by atoms with Crippen molar-refractivity contribution in [2.45, 2.75) is 66.1 Å². The molecule has 0 radical (unpaired) electrons. The van der Waals surface area contributed by atoms with Crippen molar-refractivity contribution in [3.8, 4) is 0 Å². The zero-order valence-corrected chi connectivity index (χ0v) is 16.6. The Balaban J connectivity index is 4.36. The average molecular weight is 383 g/mol. The molecule has 0 aromatic heterocycles. The maximum Gasteiger partial charge on any atom is 0.410 e. The molecule has 3 atom stereocenters. The minimum atomic E-state index is -3.86. The second-order valence-electron chi connectivity index (χ2n) is 6.59. The van der Waals surface area contributed by atoms with Crippen LogP contribution in [0.15, 0.2) is 0 Å². The summed E-state index contributed by atoms with van der Waals surface area (Å²) in [6, 6.07) is 0. The number of nitrogens with one attached hydrogen (secondary N) is 1. The van der Waals surface area contributed by atoms with Gasteiger partial charge in [-0.2, -0.15) is 0 Å². The summed E-state index contributed by atoms with van der Waals surface area (Å²) in [6.07, 6.45) is -1.11. The van der Waals surface area contributed by atoms with Crippen LogP contribution in [0.3, 0.4) is 0 Å². The lowest BCUT2D eigenvalue weighted by atomic mass is 10.2. The van der Waals surface area contributed by atoms with E-state index >= 15 is 0 Å². The fourth-order valence-electron chi connectivity index (χ4n) is 1.71. The summed E-state index contributed by atoms with van der Waals surface area (Å²) in [7, 11) is -3.86. The maximum absolute atomic E-state index is 13.8. The molecule has 0 fully saturated rings. The van der Waals surface area contributed by atoms with Crippen molar-refractivity contribution in [2.24, 2.45) is 11.8 Å². The third-order valence-electron chi connectivity index (χ3n) is 3.39. The number of carbonyl (C=O) groups excluding carboxylic acids is 2. The molecule has 0 aliphatic carbocycles. The average Bonchev–Trinajstić information content (AvgIpc) is 2.51. The van der Waals surface area contributed by atoms with Crippen LogP contribution in [-0.2, 0) is 18.8 Å². The first-order valence-corrected chi connectivity index (χ1v) is 10.5. The molecule has 25 heavy (non-hydrogen) atoms. The van der Waals surface area contributed by atoms with E-state index in [2.05, 4.69) is 5.32 Å². The SMILES string of the molecule is CCCCP(=O)(O)[C@H](F)CCNC(=O)O[C@@H](OC(=O)C(C)C)C(C)C. The zero-order chi connectivity index (χ0) is 19.6. The van der Waals surface area contributed by atoms with Crippen LogP contribution in [0.5, 0.6) is 0 Å². The highest BCUT2D eigenvalue weighted by Crippen LogP contribution is 2.49. The Labute approximate surface area is 149 Å². The summed E-state index contributed by atoms with van der Waals surface area (Å²) >= 11 is 0. The second-order valence-corrected chi connectivity index (χ2v) is 9.11. The largest absolute Gasteiger partial charge is 0.425 e. The highest BCUT2D eigenvalue weighted by Gasteiger charge is 2.30. The quantitative estimate of drug-likeness (QED) is 0.321. The summed E-state index contributed by atoms with van der Waals surface area (Å²) in [4.78, 5) is 33.0. The first kappa shape index (κ1) is 23.9. The fraction of sp³-hybridized carbons (Fsp3) is 0.875. The molecule has 0 saturated heterocycles. The lowest BCUT2D eigenvalue weighted by molar-refractivity contribution is -0.178. The predicted molar refractivity (Wildman–Crippen MR) is 93.2 cm³/mol. The van der Waals surface area contributed by atoms with Gasteiger partial charge in [-0.25, -0.2) is 9.18 Å².